The van der Waals surface area contributed by atoms with Crippen LogP contribution < -0.4 is 0 Å². The Morgan fingerprint density at radius 1 is 1.64 bits per heavy atom. The number of rotatable bonds is 2. The molecule has 1 amide bonds. The first kappa shape index (κ1) is 10.2. The van der Waals surface area contributed by atoms with Gasteiger partial charge in [0.1, 0.15) is 5.82 Å². The van der Waals surface area contributed by atoms with Crippen molar-refractivity contribution in [3.63, 3.8) is 0 Å². The van der Waals surface area contributed by atoms with Crippen molar-refractivity contribution in [2.24, 2.45) is 7.05 Å². The predicted molar refractivity (Wildman–Crippen MR) is 47.3 cm³/mol. The van der Waals surface area contributed by atoms with Crippen LogP contribution in [-0.4, -0.2) is 38.5 Å². The lowest BCUT2D eigenvalue weighted by Crippen LogP contribution is -2.33. The van der Waals surface area contributed by atoms with Crippen molar-refractivity contribution in [3.8, 4) is 0 Å². The number of aromatic nitrogens is 2. The summed E-state index contributed by atoms with van der Waals surface area (Å²) in [4.78, 5) is 26.4. The van der Waals surface area contributed by atoms with Gasteiger partial charge in [0, 0.05) is 26.5 Å². The van der Waals surface area contributed by atoms with Gasteiger partial charge in [-0.25, -0.2) is 9.78 Å². The lowest BCUT2D eigenvalue weighted by atomic mass is 10.4. The Bertz CT molecular complexity index is 358. The molecule has 0 aromatic carbocycles. The molecule has 0 fully saturated rings. The molecule has 6 heteroatoms. The van der Waals surface area contributed by atoms with Crippen LogP contribution in [0.1, 0.15) is 5.82 Å². The Hall–Kier alpha value is -1.85. The van der Waals surface area contributed by atoms with Crippen LogP contribution in [0.3, 0.4) is 0 Å². The fourth-order valence-corrected chi connectivity index (χ4v) is 0.996. The second-order valence-electron chi connectivity index (χ2n) is 2.92. The molecule has 6 nitrogen and oxygen atoms in total. The summed E-state index contributed by atoms with van der Waals surface area (Å²) in [6.07, 6.45) is 3.32. The Morgan fingerprint density at radius 3 is 2.71 bits per heavy atom. The number of nitrogens with zero attached hydrogens (tertiary/aromatic N) is 3. The highest BCUT2D eigenvalue weighted by Crippen LogP contribution is 1.99. The molecular formula is C8H11N3O3. The second kappa shape index (κ2) is 3.91. The number of likely N-dealkylation sites (N-methyl/N-ethyl adjacent to an activating group) is 1. The van der Waals surface area contributed by atoms with Gasteiger partial charge < -0.3 is 14.6 Å². The largest absolute Gasteiger partial charge is 0.474 e. The molecule has 0 spiro atoms. The minimum atomic E-state index is -1.46. The number of carboxylic acid groups (broad SMARTS) is 1. The van der Waals surface area contributed by atoms with Crippen molar-refractivity contribution in [1.29, 1.82) is 0 Å². The fraction of sp³-hybridized carbons (Fsp3) is 0.375. The summed E-state index contributed by atoms with van der Waals surface area (Å²) >= 11 is 0. The summed E-state index contributed by atoms with van der Waals surface area (Å²) in [6.45, 7) is 0.189. The highest BCUT2D eigenvalue weighted by Gasteiger charge is 2.18. The van der Waals surface area contributed by atoms with Crippen molar-refractivity contribution in [3.05, 3.63) is 18.2 Å². The number of hydrogen-bond donors (Lipinski definition) is 1. The van der Waals surface area contributed by atoms with Crippen LogP contribution in [0.4, 0.5) is 0 Å². The Kier molecular flexibility index (Phi) is 2.85. The third-order valence-electron chi connectivity index (χ3n) is 1.83. The van der Waals surface area contributed by atoms with Crippen molar-refractivity contribution >= 4 is 11.9 Å². The molecular weight excluding hydrogens is 186 g/mol. The molecule has 0 saturated carbocycles. The maximum atomic E-state index is 11.0. The first-order chi connectivity index (χ1) is 6.52. The summed E-state index contributed by atoms with van der Waals surface area (Å²) in [5.74, 6) is -1.75. The second-order valence-corrected chi connectivity index (χ2v) is 2.92. The van der Waals surface area contributed by atoms with Gasteiger partial charge in [0.2, 0.25) is 0 Å². The van der Waals surface area contributed by atoms with Gasteiger partial charge in [-0.05, 0) is 0 Å². The SMILES string of the molecule is CN(Cc1nccn1C)C(=O)C(=O)O. The lowest BCUT2D eigenvalue weighted by Gasteiger charge is -2.13. The van der Waals surface area contributed by atoms with Gasteiger partial charge in [0.25, 0.3) is 0 Å². The van der Waals surface area contributed by atoms with E-state index in [2.05, 4.69) is 4.98 Å². The molecule has 0 aliphatic heterocycles. The Balaban J connectivity index is 2.66. The molecule has 1 aromatic heterocycles. The van der Waals surface area contributed by atoms with Crippen LogP contribution in [0.5, 0.6) is 0 Å². The molecule has 0 saturated heterocycles. The number of amides is 1. The molecule has 0 radical (unpaired) electrons. The number of aliphatic carboxylic acids is 1. The van der Waals surface area contributed by atoms with E-state index in [0.29, 0.717) is 5.82 Å². The molecule has 0 unspecified atom stereocenters. The molecule has 0 aliphatic rings. The van der Waals surface area contributed by atoms with Crippen molar-refractivity contribution in [1.82, 2.24) is 14.5 Å². The zero-order chi connectivity index (χ0) is 10.7. The van der Waals surface area contributed by atoms with Gasteiger partial charge >= 0.3 is 11.9 Å². The summed E-state index contributed by atoms with van der Waals surface area (Å²) in [6, 6.07) is 0. The normalized spacial score (nSPS) is 9.86. The quantitative estimate of drug-likeness (QED) is 0.646. The smallest absolute Gasteiger partial charge is 0.394 e. The predicted octanol–water partition coefficient (Wildman–Crippen LogP) is -0.537. The zero-order valence-electron chi connectivity index (χ0n) is 7.97. The number of carbonyl (C=O) groups excluding carboxylic acids is 1. The summed E-state index contributed by atoms with van der Waals surface area (Å²) in [5, 5.41) is 8.43. The molecule has 1 rings (SSSR count). The number of aryl methyl sites for hydroxylation is 1. The number of carboxylic acids is 1. The van der Waals surface area contributed by atoms with Crippen LogP contribution in [0.15, 0.2) is 12.4 Å². The minimum absolute atomic E-state index is 0.189. The third-order valence-corrected chi connectivity index (χ3v) is 1.83. The first-order valence-electron chi connectivity index (χ1n) is 3.97. The van der Waals surface area contributed by atoms with Gasteiger partial charge in [-0.3, -0.25) is 4.79 Å². The summed E-state index contributed by atoms with van der Waals surface area (Å²) in [5.41, 5.74) is 0. The van der Waals surface area contributed by atoms with E-state index in [1.807, 2.05) is 0 Å². The molecule has 0 bridgehead atoms. The van der Waals surface area contributed by atoms with Crippen LogP contribution >= 0.6 is 0 Å². The van der Waals surface area contributed by atoms with Gasteiger partial charge in [0.15, 0.2) is 0 Å². The number of imidazole rings is 1. The molecule has 14 heavy (non-hydrogen) atoms. The van der Waals surface area contributed by atoms with E-state index < -0.39 is 11.9 Å². The first-order valence-corrected chi connectivity index (χ1v) is 3.97. The highest BCUT2D eigenvalue weighted by atomic mass is 16.4. The zero-order valence-corrected chi connectivity index (χ0v) is 7.97. The fourth-order valence-electron chi connectivity index (χ4n) is 0.996. The van der Waals surface area contributed by atoms with Gasteiger partial charge in [-0.1, -0.05) is 0 Å². The van der Waals surface area contributed by atoms with Crippen LogP contribution in [0.2, 0.25) is 0 Å². The lowest BCUT2D eigenvalue weighted by molar-refractivity contribution is -0.155. The van der Waals surface area contributed by atoms with Gasteiger partial charge in [-0.15, -0.1) is 0 Å². The molecule has 1 heterocycles. The molecule has 0 atom stereocenters. The van der Waals surface area contributed by atoms with E-state index >= 15 is 0 Å². The van der Waals surface area contributed by atoms with E-state index in [-0.39, 0.29) is 6.54 Å². The maximum absolute atomic E-state index is 11.0. The van der Waals surface area contributed by atoms with E-state index in [1.54, 1.807) is 24.0 Å². The topological polar surface area (TPSA) is 75.4 Å². The molecule has 1 aromatic rings. The number of carbonyl (C=O) groups is 2. The standard InChI is InChI=1S/C8H11N3O3/c1-10-4-3-9-6(10)5-11(2)7(12)8(13)14/h3-4H,5H2,1-2H3,(H,13,14). The summed E-state index contributed by atoms with van der Waals surface area (Å²) in [7, 11) is 3.20. The van der Waals surface area contributed by atoms with E-state index in [4.69, 9.17) is 5.11 Å². The van der Waals surface area contributed by atoms with E-state index in [1.165, 1.54) is 7.05 Å². The monoisotopic (exact) mass is 197 g/mol. The average molecular weight is 197 g/mol. The van der Waals surface area contributed by atoms with Crippen molar-refractivity contribution < 1.29 is 14.7 Å². The minimum Gasteiger partial charge on any atom is -0.474 e. The third kappa shape index (κ3) is 2.09. The maximum Gasteiger partial charge on any atom is 0.394 e. The average Bonchev–Trinajstić information content (AvgIpc) is 2.50. The van der Waals surface area contributed by atoms with Gasteiger partial charge in [0.05, 0.1) is 6.54 Å². The molecule has 0 aliphatic carbocycles. The Morgan fingerprint density at radius 2 is 2.29 bits per heavy atom. The number of hydrogen-bond acceptors (Lipinski definition) is 3. The molecule has 76 valence electrons. The van der Waals surface area contributed by atoms with Crippen molar-refractivity contribution in [2.45, 2.75) is 6.54 Å². The summed E-state index contributed by atoms with van der Waals surface area (Å²) < 4.78 is 1.73. The van der Waals surface area contributed by atoms with E-state index in [0.717, 1.165) is 4.90 Å². The Labute approximate surface area is 80.8 Å². The van der Waals surface area contributed by atoms with Crippen LogP contribution in [0.25, 0.3) is 0 Å². The van der Waals surface area contributed by atoms with Gasteiger partial charge in [-0.2, -0.15) is 0 Å². The highest BCUT2D eigenvalue weighted by molar-refractivity contribution is 6.31. The van der Waals surface area contributed by atoms with Crippen LogP contribution in [-0.2, 0) is 23.2 Å². The molecule has 1 N–H and O–H groups in total. The van der Waals surface area contributed by atoms with E-state index in [9.17, 15) is 9.59 Å². The van der Waals surface area contributed by atoms with Crippen LogP contribution in [0, 0.1) is 0 Å². The van der Waals surface area contributed by atoms with Crippen molar-refractivity contribution in [2.75, 3.05) is 7.05 Å².